The third kappa shape index (κ3) is 7.86. The highest BCUT2D eigenvalue weighted by Crippen LogP contribution is 2.10. The fraction of sp³-hybridized carbons (Fsp3) is 0.526. The fourth-order valence-corrected chi connectivity index (χ4v) is 3.64. The van der Waals surface area contributed by atoms with E-state index in [1.807, 2.05) is 54.2 Å². The standard InChI is InChI=1S/C19H28N4O2S2/c1-21(2)19(26)27-15-18(25)23-10-6-9-22(11-12-23)14-17(24)20-13-16-7-4-3-5-8-16/h3-5,7-8H,6,9-15H2,1-2H3,(H,20,24). The first kappa shape index (κ1) is 21.7. The summed E-state index contributed by atoms with van der Waals surface area (Å²) in [6.45, 7) is 3.84. The minimum absolute atomic E-state index is 0.0190. The van der Waals surface area contributed by atoms with Gasteiger partial charge in [-0.05, 0) is 12.0 Å². The Bertz CT molecular complexity index is 640. The Morgan fingerprint density at radius 2 is 1.89 bits per heavy atom. The SMILES string of the molecule is CN(C)C(=S)SCC(=O)N1CCCN(CC(=O)NCc2ccccc2)CC1. The number of thiocarbonyl (C=S) groups is 1. The molecule has 2 amide bonds. The monoisotopic (exact) mass is 408 g/mol. The van der Waals surface area contributed by atoms with Crippen LogP contribution in [-0.2, 0) is 16.1 Å². The van der Waals surface area contributed by atoms with Gasteiger partial charge in [-0.25, -0.2) is 0 Å². The van der Waals surface area contributed by atoms with Gasteiger partial charge in [0.15, 0.2) is 0 Å². The summed E-state index contributed by atoms with van der Waals surface area (Å²) in [6.07, 6.45) is 0.875. The molecule has 1 aliphatic rings. The zero-order valence-corrected chi connectivity index (χ0v) is 17.7. The zero-order valence-electron chi connectivity index (χ0n) is 16.0. The van der Waals surface area contributed by atoms with Gasteiger partial charge in [-0.1, -0.05) is 54.3 Å². The molecule has 0 bridgehead atoms. The molecule has 0 saturated carbocycles. The summed E-state index contributed by atoms with van der Waals surface area (Å²) in [5, 5.41) is 2.96. The molecule has 0 aliphatic carbocycles. The van der Waals surface area contributed by atoms with Crippen LogP contribution in [0.3, 0.4) is 0 Å². The summed E-state index contributed by atoms with van der Waals surface area (Å²) in [7, 11) is 3.76. The number of carbonyl (C=O) groups excluding carboxylic acids is 2. The lowest BCUT2D eigenvalue weighted by Crippen LogP contribution is -2.40. The molecule has 0 radical (unpaired) electrons. The molecule has 8 heteroatoms. The van der Waals surface area contributed by atoms with Gasteiger partial charge in [-0.15, -0.1) is 0 Å². The molecule has 1 aromatic rings. The maximum atomic E-state index is 12.4. The van der Waals surface area contributed by atoms with E-state index in [-0.39, 0.29) is 11.8 Å². The summed E-state index contributed by atoms with van der Waals surface area (Å²) < 4.78 is 0.717. The smallest absolute Gasteiger partial charge is 0.234 e. The van der Waals surface area contributed by atoms with Crippen molar-refractivity contribution in [3.05, 3.63) is 35.9 Å². The second kappa shape index (κ2) is 11.3. The molecule has 1 aromatic carbocycles. The molecule has 0 aromatic heterocycles. The van der Waals surface area contributed by atoms with Crippen LogP contribution in [0.4, 0.5) is 0 Å². The lowest BCUT2D eigenvalue weighted by atomic mass is 10.2. The summed E-state index contributed by atoms with van der Waals surface area (Å²) >= 11 is 6.61. The highest BCUT2D eigenvalue weighted by Gasteiger charge is 2.20. The van der Waals surface area contributed by atoms with E-state index >= 15 is 0 Å². The quantitative estimate of drug-likeness (QED) is 0.719. The van der Waals surface area contributed by atoms with Gasteiger partial charge in [0.1, 0.15) is 4.32 Å². The average Bonchev–Trinajstić information content (AvgIpc) is 2.90. The van der Waals surface area contributed by atoms with Crippen molar-refractivity contribution in [2.75, 3.05) is 52.6 Å². The first-order valence-corrected chi connectivity index (χ1v) is 10.5. The Kier molecular flexibility index (Phi) is 9.03. The van der Waals surface area contributed by atoms with Crippen molar-refractivity contribution in [3.63, 3.8) is 0 Å². The topological polar surface area (TPSA) is 55.9 Å². The molecule has 148 valence electrons. The van der Waals surface area contributed by atoms with Crippen molar-refractivity contribution in [2.24, 2.45) is 0 Å². The molecular weight excluding hydrogens is 380 g/mol. The maximum Gasteiger partial charge on any atom is 0.234 e. The molecule has 1 N–H and O–H groups in total. The van der Waals surface area contributed by atoms with Gasteiger partial charge in [0.05, 0.1) is 12.3 Å². The van der Waals surface area contributed by atoms with Crippen LogP contribution >= 0.6 is 24.0 Å². The molecule has 27 heavy (non-hydrogen) atoms. The summed E-state index contributed by atoms with van der Waals surface area (Å²) in [4.78, 5) is 30.4. The van der Waals surface area contributed by atoms with E-state index in [1.165, 1.54) is 11.8 Å². The van der Waals surface area contributed by atoms with E-state index < -0.39 is 0 Å². The Hall–Kier alpha value is -1.64. The molecule has 1 saturated heterocycles. The van der Waals surface area contributed by atoms with Gasteiger partial charge in [0.25, 0.3) is 0 Å². The van der Waals surface area contributed by atoms with Gasteiger partial charge < -0.3 is 15.1 Å². The van der Waals surface area contributed by atoms with Crippen LogP contribution in [0.1, 0.15) is 12.0 Å². The largest absolute Gasteiger partial charge is 0.364 e. The normalized spacial score (nSPS) is 15.1. The van der Waals surface area contributed by atoms with Gasteiger partial charge in [-0.3, -0.25) is 14.5 Å². The minimum atomic E-state index is 0.0190. The third-order valence-corrected chi connectivity index (χ3v) is 6.05. The lowest BCUT2D eigenvalue weighted by molar-refractivity contribution is -0.128. The molecule has 1 aliphatic heterocycles. The molecule has 0 spiro atoms. The van der Waals surface area contributed by atoms with Crippen molar-refractivity contribution in [3.8, 4) is 0 Å². The second-order valence-electron chi connectivity index (χ2n) is 6.72. The Balaban J connectivity index is 1.71. The first-order valence-electron chi connectivity index (χ1n) is 9.10. The average molecular weight is 409 g/mol. The van der Waals surface area contributed by atoms with Crippen molar-refractivity contribution in [1.29, 1.82) is 0 Å². The number of hydrogen-bond acceptors (Lipinski definition) is 5. The van der Waals surface area contributed by atoms with Crippen LogP contribution in [0.25, 0.3) is 0 Å². The van der Waals surface area contributed by atoms with Crippen LogP contribution in [0.15, 0.2) is 30.3 Å². The number of benzene rings is 1. The number of amides is 2. The molecule has 6 nitrogen and oxygen atoms in total. The maximum absolute atomic E-state index is 12.4. The first-order chi connectivity index (χ1) is 13.0. The van der Waals surface area contributed by atoms with Crippen LogP contribution in [0.2, 0.25) is 0 Å². The van der Waals surface area contributed by atoms with E-state index in [1.54, 1.807) is 0 Å². The number of thioether (sulfide) groups is 1. The molecule has 0 unspecified atom stereocenters. The molecule has 2 rings (SSSR count). The minimum Gasteiger partial charge on any atom is -0.364 e. The molecular formula is C19H28N4O2S2. The summed E-state index contributed by atoms with van der Waals surface area (Å²) in [5.41, 5.74) is 1.09. The highest BCUT2D eigenvalue weighted by molar-refractivity contribution is 8.23. The Labute approximate surface area is 171 Å². The van der Waals surface area contributed by atoms with Crippen LogP contribution in [0.5, 0.6) is 0 Å². The van der Waals surface area contributed by atoms with Crippen molar-refractivity contribution in [1.82, 2.24) is 20.0 Å². The van der Waals surface area contributed by atoms with Gasteiger partial charge >= 0.3 is 0 Å². The predicted molar refractivity (Wildman–Crippen MR) is 115 cm³/mol. The van der Waals surface area contributed by atoms with Crippen molar-refractivity contribution in [2.45, 2.75) is 13.0 Å². The molecule has 1 fully saturated rings. The van der Waals surface area contributed by atoms with Gasteiger partial charge in [0, 0.05) is 46.8 Å². The van der Waals surface area contributed by atoms with E-state index in [9.17, 15) is 9.59 Å². The number of hydrogen-bond donors (Lipinski definition) is 1. The fourth-order valence-electron chi connectivity index (χ4n) is 2.78. The van der Waals surface area contributed by atoms with E-state index in [0.29, 0.717) is 31.9 Å². The van der Waals surface area contributed by atoms with Crippen LogP contribution < -0.4 is 5.32 Å². The molecule has 0 atom stereocenters. The summed E-state index contributed by atoms with van der Waals surface area (Å²) in [6, 6.07) is 9.88. The van der Waals surface area contributed by atoms with Crippen LogP contribution in [-0.4, -0.2) is 83.4 Å². The second-order valence-corrected chi connectivity index (χ2v) is 8.33. The number of carbonyl (C=O) groups is 2. The number of rotatable bonds is 6. The Morgan fingerprint density at radius 3 is 2.59 bits per heavy atom. The van der Waals surface area contributed by atoms with E-state index in [4.69, 9.17) is 12.2 Å². The number of nitrogens with one attached hydrogen (secondary N) is 1. The van der Waals surface area contributed by atoms with E-state index in [2.05, 4.69) is 10.2 Å². The molecule has 1 heterocycles. The summed E-state index contributed by atoms with van der Waals surface area (Å²) in [5.74, 6) is 0.499. The third-order valence-electron chi connectivity index (χ3n) is 4.33. The van der Waals surface area contributed by atoms with Crippen molar-refractivity contribution >= 4 is 40.1 Å². The lowest BCUT2D eigenvalue weighted by Gasteiger charge is -2.22. The van der Waals surface area contributed by atoms with Gasteiger partial charge in [-0.2, -0.15) is 0 Å². The predicted octanol–water partition coefficient (Wildman–Crippen LogP) is 1.42. The zero-order chi connectivity index (χ0) is 19.6. The van der Waals surface area contributed by atoms with Crippen molar-refractivity contribution < 1.29 is 9.59 Å². The van der Waals surface area contributed by atoms with E-state index in [0.717, 1.165) is 29.4 Å². The highest BCUT2D eigenvalue weighted by atomic mass is 32.2. The Morgan fingerprint density at radius 1 is 1.15 bits per heavy atom. The van der Waals surface area contributed by atoms with Crippen LogP contribution in [0, 0.1) is 0 Å². The number of nitrogens with zero attached hydrogens (tertiary/aromatic N) is 3. The van der Waals surface area contributed by atoms with Gasteiger partial charge in [0.2, 0.25) is 11.8 Å².